The van der Waals surface area contributed by atoms with Crippen LogP contribution in [0.2, 0.25) is 0 Å². The molecule has 0 saturated carbocycles. The first-order valence-electron chi connectivity index (χ1n) is 5.63. The molecule has 5 heteroatoms. The minimum Gasteiger partial charge on any atom is -0.457 e. The molecule has 0 aliphatic carbocycles. The van der Waals surface area contributed by atoms with Gasteiger partial charge in [0.2, 0.25) is 5.82 Å². The lowest BCUT2D eigenvalue weighted by atomic mass is 10.1. The van der Waals surface area contributed by atoms with Crippen LogP contribution in [0.4, 0.5) is 8.78 Å². The van der Waals surface area contributed by atoms with E-state index >= 15 is 0 Å². The molecule has 0 bridgehead atoms. The van der Waals surface area contributed by atoms with Crippen LogP contribution >= 0.6 is 0 Å². The lowest BCUT2D eigenvalue weighted by molar-refractivity contribution is 0.480. The number of benzene rings is 1. The average molecular weight is 259 g/mol. The zero-order chi connectivity index (χ0) is 13.4. The van der Waals surface area contributed by atoms with E-state index in [0.717, 1.165) is 0 Å². The van der Waals surface area contributed by atoms with Crippen LogP contribution in [0, 0.1) is 17.7 Å². The van der Waals surface area contributed by atoms with Crippen molar-refractivity contribution in [1.82, 2.24) is 4.98 Å². The molecule has 2 N–H and O–H groups in total. The normalized spacial score (nSPS) is 11.1. The Morgan fingerprint density at radius 2 is 2.11 bits per heavy atom. The molecule has 2 aromatic heterocycles. The van der Waals surface area contributed by atoms with E-state index in [1.54, 1.807) is 18.2 Å². The lowest BCUT2D eigenvalue weighted by Crippen LogP contribution is -1.92. The molecule has 0 atom stereocenters. The van der Waals surface area contributed by atoms with Gasteiger partial charge in [-0.15, -0.1) is 0 Å². The molecule has 3 nitrogen and oxygen atoms in total. The van der Waals surface area contributed by atoms with Gasteiger partial charge in [-0.1, -0.05) is 6.07 Å². The van der Waals surface area contributed by atoms with Crippen molar-refractivity contribution in [3.63, 3.8) is 0 Å². The maximum absolute atomic E-state index is 14.0. The highest BCUT2D eigenvalue weighted by atomic mass is 19.2. The molecule has 0 aliphatic heterocycles. The van der Waals surface area contributed by atoms with Crippen LogP contribution < -0.4 is 5.73 Å². The second kappa shape index (κ2) is 4.44. The number of furan rings is 1. The number of hydrogen-bond acceptors (Lipinski definition) is 3. The Morgan fingerprint density at radius 1 is 1.26 bits per heavy atom. The summed E-state index contributed by atoms with van der Waals surface area (Å²) in [5.41, 5.74) is 5.73. The van der Waals surface area contributed by atoms with E-state index in [4.69, 9.17) is 10.2 Å². The summed E-state index contributed by atoms with van der Waals surface area (Å²) in [5, 5.41) is 0.462. The second-order valence-corrected chi connectivity index (χ2v) is 4.03. The van der Waals surface area contributed by atoms with Crippen molar-refractivity contribution in [3.05, 3.63) is 53.9 Å². The van der Waals surface area contributed by atoms with Gasteiger partial charge in [0.05, 0.1) is 12.2 Å². The van der Waals surface area contributed by atoms with Gasteiger partial charge in [0, 0.05) is 23.2 Å². The van der Waals surface area contributed by atoms with Gasteiger partial charge >= 0.3 is 0 Å². The van der Waals surface area contributed by atoms with Crippen LogP contribution in [0.3, 0.4) is 0 Å². The van der Waals surface area contributed by atoms with Crippen LogP contribution in [0.15, 0.2) is 34.9 Å². The fourth-order valence-corrected chi connectivity index (χ4v) is 1.94. The second-order valence-electron chi connectivity index (χ2n) is 4.03. The molecular formula is C14H9F2N2O. The number of aromatic nitrogens is 1. The van der Waals surface area contributed by atoms with Gasteiger partial charge in [0.15, 0.2) is 11.4 Å². The van der Waals surface area contributed by atoms with E-state index in [1.165, 1.54) is 12.3 Å². The standard InChI is InChI=1S/C14H9F2N2O/c15-12-10(11-3-1-2-4-18-11)6-8-5-9(7-17)19-14(8)13(12)16/h1,3-6H,7,17H2. The molecule has 3 rings (SSSR count). The van der Waals surface area contributed by atoms with Gasteiger partial charge in [-0.3, -0.25) is 4.98 Å². The van der Waals surface area contributed by atoms with Crippen LogP contribution in [0.25, 0.3) is 22.2 Å². The molecule has 0 spiro atoms. The molecule has 19 heavy (non-hydrogen) atoms. The zero-order valence-corrected chi connectivity index (χ0v) is 9.78. The average Bonchev–Trinajstić information content (AvgIpc) is 2.87. The summed E-state index contributed by atoms with van der Waals surface area (Å²) < 4.78 is 33.1. The van der Waals surface area contributed by atoms with Gasteiger partial charge < -0.3 is 10.2 Å². The van der Waals surface area contributed by atoms with Crippen molar-refractivity contribution < 1.29 is 13.2 Å². The number of hydrogen-bond donors (Lipinski definition) is 1. The number of nitrogens with two attached hydrogens (primary N) is 1. The number of pyridine rings is 1. The SMILES string of the molecule is NCc1cc2cc(-c3cc[c]cn3)c(F)c(F)c2o1. The van der Waals surface area contributed by atoms with Crippen LogP contribution in [0.5, 0.6) is 0 Å². The van der Waals surface area contributed by atoms with Crippen LogP contribution in [-0.2, 0) is 6.54 Å². The summed E-state index contributed by atoms with van der Waals surface area (Å²) in [6.45, 7) is 0.129. The third-order valence-electron chi connectivity index (χ3n) is 2.83. The van der Waals surface area contributed by atoms with E-state index in [-0.39, 0.29) is 17.7 Å². The van der Waals surface area contributed by atoms with E-state index < -0.39 is 11.6 Å². The predicted molar refractivity (Wildman–Crippen MR) is 66.1 cm³/mol. The van der Waals surface area contributed by atoms with Crippen LogP contribution in [-0.4, -0.2) is 4.98 Å². The minimum absolute atomic E-state index is 0.0865. The van der Waals surface area contributed by atoms with E-state index in [1.807, 2.05) is 0 Å². The molecule has 2 heterocycles. The minimum atomic E-state index is -1.03. The topological polar surface area (TPSA) is 52.0 Å². The summed E-state index contributed by atoms with van der Waals surface area (Å²) in [4.78, 5) is 3.97. The third-order valence-corrected chi connectivity index (χ3v) is 2.83. The molecule has 0 saturated heterocycles. The smallest absolute Gasteiger partial charge is 0.202 e. The van der Waals surface area contributed by atoms with E-state index in [2.05, 4.69) is 11.1 Å². The predicted octanol–water partition coefficient (Wildman–Crippen LogP) is 3.03. The maximum atomic E-state index is 14.0. The highest BCUT2D eigenvalue weighted by Gasteiger charge is 2.18. The molecule has 0 fully saturated rings. The fraction of sp³-hybridized carbons (Fsp3) is 0.0714. The van der Waals surface area contributed by atoms with E-state index in [9.17, 15) is 8.78 Å². The zero-order valence-electron chi connectivity index (χ0n) is 9.78. The fourth-order valence-electron chi connectivity index (χ4n) is 1.94. The lowest BCUT2D eigenvalue weighted by Gasteiger charge is -2.03. The molecular weight excluding hydrogens is 250 g/mol. The summed E-state index contributed by atoms with van der Waals surface area (Å²) in [7, 11) is 0. The first kappa shape index (κ1) is 11.8. The van der Waals surface area contributed by atoms with Gasteiger partial charge in [0.25, 0.3) is 0 Å². The van der Waals surface area contributed by atoms with Gasteiger partial charge in [0.1, 0.15) is 5.76 Å². The van der Waals surface area contributed by atoms with Gasteiger partial charge in [-0.2, -0.15) is 4.39 Å². The Kier molecular flexibility index (Phi) is 2.76. The quantitative estimate of drug-likeness (QED) is 0.769. The number of fused-ring (bicyclic) bond motifs is 1. The first-order valence-corrected chi connectivity index (χ1v) is 5.63. The summed E-state index contributed by atoms with van der Waals surface area (Å²) in [5.74, 6) is -1.61. The number of halogens is 2. The highest BCUT2D eigenvalue weighted by molar-refractivity contribution is 5.84. The monoisotopic (exact) mass is 259 g/mol. The van der Waals surface area contributed by atoms with Crippen molar-refractivity contribution >= 4 is 11.0 Å². The molecule has 3 aromatic rings. The summed E-state index contributed by atoms with van der Waals surface area (Å²) in [6, 6.07) is 8.97. The Bertz CT molecular complexity index is 738. The summed E-state index contributed by atoms with van der Waals surface area (Å²) in [6.07, 6.45) is 1.40. The maximum Gasteiger partial charge on any atom is 0.202 e. The van der Waals surface area contributed by atoms with Crippen molar-refractivity contribution in [2.24, 2.45) is 5.73 Å². The molecule has 0 aliphatic rings. The Morgan fingerprint density at radius 3 is 2.79 bits per heavy atom. The van der Waals surface area contributed by atoms with Crippen LogP contribution in [0.1, 0.15) is 5.76 Å². The molecule has 0 unspecified atom stereocenters. The Hall–Kier alpha value is -2.27. The van der Waals surface area contributed by atoms with E-state index in [0.29, 0.717) is 16.8 Å². The highest BCUT2D eigenvalue weighted by Crippen LogP contribution is 2.31. The molecule has 0 amide bonds. The van der Waals surface area contributed by atoms with Crippen molar-refractivity contribution in [3.8, 4) is 11.3 Å². The van der Waals surface area contributed by atoms with Gasteiger partial charge in [-0.25, -0.2) is 4.39 Å². The Labute approximate surface area is 107 Å². The van der Waals surface area contributed by atoms with Crippen molar-refractivity contribution in [2.45, 2.75) is 6.54 Å². The first-order chi connectivity index (χ1) is 9.20. The molecule has 1 aromatic carbocycles. The van der Waals surface area contributed by atoms with Crippen molar-refractivity contribution in [2.75, 3.05) is 0 Å². The van der Waals surface area contributed by atoms with Crippen molar-refractivity contribution in [1.29, 1.82) is 0 Å². The summed E-state index contributed by atoms with van der Waals surface area (Å²) >= 11 is 0. The largest absolute Gasteiger partial charge is 0.457 e. The number of rotatable bonds is 2. The third kappa shape index (κ3) is 1.88. The van der Waals surface area contributed by atoms with Gasteiger partial charge in [-0.05, 0) is 18.2 Å². The molecule has 95 valence electrons. The Balaban J connectivity index is 2.29. The number of nitrogens with zero attached hydrogens (tertiary/aromatic N) is 1. The molecule has 1 radical (unpaired) electrons.